The molecule has 0 atom stereocenters. The molecule has 6 nitrogen and oxygen atoms in total. The molecule has 0 spiro atoms. The van der Waals surface area contributed by atoms with E-state index < -0.39 is 5.97 Å². The Morgan fingerprint density at radius 1 is 1.27 bits per heavy atom. The number of fused-ring (bicyclic) bond motifs is 1. The lowest BCUT2D eigenvalue weighted by atomic mass is 9.97. The highest BCUT2D eigenvalue weighted by molar-refractivity contribution is 5.94. The zero-order chi connectivity index (χ0) is 15.9. The number of rotatable bonds is 2. The summed E-state index contributed by atoms with van der Waals surface area (Å²) in [5.41, 5.74) is 3.14. The highest BCUT2D eigenvalue weighted by atomic mass is 16.4. The van der Waals surface area contributed by atoms with Crippen LogP contribution in [0.1, 0.15) is 34.6 Å². The van der Waals surface area contributed by atoms with E-state index in [1.165, 1.54) is 0 Å². The number of carboxylic acid groups (broad SMARTS) is 1. The number of pyridine rings is 1. The molecule has 116 valence electrons. The van der Waals surface area contributed by atoms with Crippen molar-refractivity contribution in [3.8, 4) is 0 Å². The van der Waals surface area contributed by atoms with Crippen LogP contribution in [0.5, 0.6) is 0 Å². The van der Waals surface area contributed by atoms with Crippen LogP contribution in [0.25, 0.3) is 5.65 Å². The van der Waals surface area contributed by atoms with Crippen LogP contribution in [0, 0.1) is 19.8 Å². The third kappa shape index (κ3) is 2.45. The molecule has 6 heteroatoms. The van der Waals surface area contributed by atoms with Gasteiger partial charge in [-0.1, -0.05) is 0 Å². The molecule has 0 unspecified atom stereocenters. The number of imidazole rings is 1. The summed E-state index contributed by atoms with van der Waals surface area (Å²) in [6.07, 6.45) is 2.88. The van der Waals surface area contributed by atoms with Gasteiger partial charge >= 0.3 is 5.97 Å². The third-order valence-corrected chi connectivity index (χ3v) is 4.29. The van der Waals surface area contributed by atoms with Crippen LogP contribution in [0.3, 0.4) is 0 Å². The van der Waals surface area contributed by atoms with Crippen molar-refractivity contribution in [3.63, 3.8) is 0 Å². The lowest BCUT2D eigenvalue weighted by Gasteiger charge is -2.30. The minimum absolute atomic E-state index is 0.0716. The van der Waals surface area contributed by atoms with Gasteiger partial charge in [-0.2, -0.15) is 0 Å². The van der Waals surface area contributed by atoms with Crippen LogP contribution >= 0.6 is 0 Å². The number of carbonyl (C=O) groups excluding carboxylic acids is 1. The number of hydrogen-bond donors (Lipinski definition) is 1. The monoisotopic (exact) mass is 301 g/mol. The zero-order valence-corrected chi connectivity index (χ0v) is 12.7. The number of aromatic nitrogens is 2. The standard InChI is InChI=1S/C16H19N3O3/c1-10-3-8-19-13(9-10)17-11(2)14(19)15(20)18-6-4-12(5-7-18)16(21)22/h3,8-9,12H,4-7H2,1-2H3,(H,21,22). The molecular weight excluding hydrogens is 282 g/mol. The molecule has 3 rings (SSSR count). The largest absolute Gasteiger partial charge is 0.481 e. The maximum Gasteiger partial charge on any atom is 0.306 e. The molecule has 0 aliphatic carbocycles. The van der Waals surface area contributed by atoms with E-state index in [-0.39, 0.29) is 11.8 Å². The SMILES string of the molecule is Cc1ccn2c(C(=O)N3CCC(C(=O)O)CC3)c(C)nc2c1. The Bertz CT molecular complexity index is 742. The summed E-state index contributed by atoms with van der Waals surface area (Å²) in [6.45, 7) is 4.78. The topological polar surface area (TPSA) is 74.9 Å². The predicted octanol–water partition coefficient (Wildman–Crippen LogP) is 1.89. The van der Waals surface area contributed by atoms with Crippen molar-refractivity contribution >= 4 is 17.5 Å². The van der Waals surface area contributed by atoms with Gasteiger partial charge in [-0.25, -0.2) is 4.98 Å². The lowest BCUT2D eigenvalue weighted by molar-refractivity contribution is -0.143. The smallest absolute Gasteiger partial charge is 0.306 e. The summed E-state index contributed by atoms with van der Waals surface area (Å²) in [4.78, 5) is 30.0. The third-order valence-electron chi connectivity index (χ3n) is 4.29. The second-order valence-corrected chi connectivity index (χ2v) is 5.88. The number of likely N-dealkylation sites (tertiary alicyclic amines) is 1. The van der Waals surface area contributed by atoms with Gasteiger partial charge in [0.1, 0.15) is 11.3 Å². The first-order chi connectivity index (χ1) is 10.5. The van der Waals surface area contributed by atoms with Crippen LogP contribution in [-0.2, 0) is 4.79 Å². The molecule has 2 aromatic rings. The van der Waals surface area contributed by atoms with Crippen molar-refractivity contribution in [2.45, 2.75) is 26.7 Å². The maximum atomic E-state index is 12.8. The average Bonchev–Trinajstić information content (AvgIpc) is 2.81. The van der Waals surface area contributed by atoms with Crippen molar-refractivity contribution < 1.29 is 14.7 Å². The van der Waals surface area contributed by atoms with Crippen molar-refractivity contribution in [2.24, 2.45) is 5.92 Å². The Labute approximate surface area is 128 Å². The first-order valence-corrected chi connectivity index (χ1v) is 7.45. The molecule has 1 fully saturated rings. The van der Waals surface area contributed by atoms with Crippen LogP contribution in [-0.4, -0.2) is 44.4 Å². The molecular formula is C16H19N3O3. The van der Waals surface area contributed by atoms with E-state index in [1.54, 1.807) is 4.90 Å². The Morgan fingerprint density at radius 2 is 1.95 bits per heavy atom. The van der Waals surface area contributed by atoms with Crippen molar-refractivity contribution in [3.05, 3.63) is 35.3 Å². The number of aryl methyl sites for hydroxylation is 2. The van der Waals surface area contributed by atoms with E-state index in [2.05, 4.69) is 4.98 Å². The quantitative estimate of drug-likeness (QED) is 0.919. The number of hydrogen-bond acceptors (Lipinski definition) is 3. The number of carbonyl (C=O) groups is 2. The Hall–Kier alpha value is -2.37. The normalized spacial score (nSPS) is 16.2. The molecule has 1 aliphatic heterocycles. The fraction of sp³-hybridized carbons (Fsp3) is 0.438. The second-order valence-electron chi connectivity index (χ2n) is 5.88. The summed E-state index contributed by atoms with van der Waals surface area (Å²) < 4.78 is 1.81. The molecule has 1 N–H and O–H groups in total. The van der Waals surface area contributed by atoms with Crippen LogP contribution in [0.4, 0.5) is 0 Å². The summed E-state index contributed by atoms with van der Waals surface area (Å²) in [5, 5.41) is 9.04. The molecule has 0 bridgehead atoms. The van der Waals surface area contributed by atoms with Gasteiger partial charge < -0.3 is 10.0 Å². The molecule has 1 amide bonds. The van der Waals surface area contributed by atoms with Gasteiger partial charge in [-0.15, -0.1) is 0 Å². The highest BCUT2D eigenvalue weighted by Crippen LogP contribution is 2.21. The number of carboxylic acids is 1. The van der Waals surface area contributed by atoms with Gasteiger partial charge in [0.25, 0.3) is 5.91 Å². The van der Waals surface area contributed by atoms with Gasteiger partial charge in [0.05, 0.1) is 11.6 Å². The lowest BCUT2D eigenvalue weighted by Crippen LogP contribution is -2.40. The molecule has 0 radical (unpaired) electrons. The molecule has 0 saturated carbocycles. The molecule has 0 aromatic carbocycles. The van der Waals surface area contributed by atoms with Gasteiger partial charge in [0.2, 0.25) is 0 Å². The van der Waals surface area contributed by atoms with E-state index in [1.807, 2.05) is 36.6 Å². The molecule has 2 aromatic heterocycles. The summed E-state index contributed by atoms with van der Waals surface area (Å²) in [7, 11) is 0. The highest BCUT2D eigenvalue weighted by Gasteiger charge is 2.29. The van der Waals surface area contributed by atoms with Crippen LogP contribution < -0.4 is 0 Å². The Morgan fingerprint density at radius 3 is 2.59 bits per heavy atom. The summed E-state index contributed by atoms with van der Waals surface area (Å²) >= 11 is 0. The van der Waals surface area contributed by atoms with Crippen molar-refractivity contribution in [1.82, 2.24) is 14.3 Å². The summed E-state index contributed by atoms with van der Waals surface area (Å²) in [5.74, 6) is -1.18. The second kappa shape index (κ2) is 5.44. The van der Waals surface area contributed by atoms with Crippen LogP contribution in [0.15, 0.2) is 18.3 Å². The molecule has 1 saturated heterocycles. The van der Waals surface area contributed by atoms with Gasteiger partial charge in [0, 0.05) is 19.3 Å². The fourth-order valence-corrected chi connectivity index (χ4v) is 3.00. The first-order valence-electron chi connectivity index (χ1n) is 7.45. The number of piperidine rings is 1. The summed E-state index contributed by atoms with van der Waals surface area (Å²) in [6, 6.07) is 3.89. The van der Waals surface area contributed by atoms with Gasteiger partial charge in [-0.3, -0.25) is 14.0 Å². The van der Waals surface area contributed by atoms with Crippen molar-refractivity contribution in [1.29, 1.82) is 0 Å². The molecule has 22 heavy (non-hydrogen) atoms. The Balaban J connectivity index is 1.87. The number of aliphatic carboxylic acids is 1. The minimum atomic E-state index is -0.770. The number of nitrogens with zero attached hydrogens (tertiary/aromatic N) is 3. The average molecular weight is 301 g/mol. The zero-order valence-electron chi connectivity index (χ0n) is 12.7. The van der Waals surface area contributed by atoms with Gasteiger partial charge in [-0.05, 0) is 44.4 Å². The maximum absolute atomic E-state index is 12.8. The molecule has 3 heterocycles. The Kier molecular flexibility index (Phi) is 3.60. The van der Waals surface area contributed by atoms with Gasteiger partial charge in [0.15, 0.2) is 0 Å². The number of amides is 1. The van der Waals surface area contributed by atoms with E-state index >= 15 is 0 Å². The fourth-order valence-electron chi connectivity index (χ4n) is 3.00. The van der Waals surface area contributed by atoms with E-state index in [0.29, 0.717) is 37.3 Å². The molecule has 1 aliphatic rings. The minimum Gasteiger partial charge on any atom is -0.481 e. The van der Waals surface area contributed by atoms with Crippen molar-refractivity contribution in [2.75, 3.05) is 13.1 Å². The van der Waals surface area contributed by atoms with E-state index in [0.717, 1.165) is 11.2 Å². The predicted molar refractivity (Wildman–Crippen MR) is 80.9 cm³/mol. The van der Waals surface area contributed by atoms with E-state index in [9.17, 15) is 9.59 Å². The van der Waals surface area contributed by atoms with Crippen LogP contribution in [0.2, 0.25) is 0 Å². The van der Waals surface area contributed by atoms with E-state index in [4.69, 9.17) is 5.11 Å². The first kappa shape index (κ1) is 14.6.